The van der Waals surface area contributed by atoms with Gasteiger partial charge in [-0.2, -0.15) is 0 Å². The van der Waals surface area contributed by atoms with E-state index in [9.17, 15) is 0 Å². The minimum absolute atomic E-state index is 0.921. The normalized spacial score (nSPS) is 16.3. The number of anilines is 1. The van der Waals surface area contributed by atoms with Crippen LogP contribution < -0.4 is 9.04 Å². The molecule has 0 aliphatic carbocycles. The summed E-state index contributed by atoms with van der Waals surface area (Å²) in [6.07, 6.45) is 4.70. The monoisotopic (exact) mass is 402 g/mol. The van der Waals surface area contributed by atoms with E-state index >= 15 is 0 Å². The third-order valence-corrected chi connectivity index (χ3v) is 7.05. The van der Waals surface area contributed by atoms with Gasteiger partial charge in [0.05, 0.1) is 12.8 Å². The van der Waals surface area contributed by atoms with Crippen LogP contribution in [0.5, 0.6) is 5.75 Å². The summed E-state index contributed by atoms with van der Waals surface area (Å²) >= 11 is 1.89. The average molecular weight is 403 g/mol. The summed E-state index contributed by atoms with van der Waals surface area (Å²) in [6, 6.07) is 21.7. The number of hydrogen-bond acceptors (Lipinski definition) is 4. The van der Waals surface area contributed by atoms with Crippen LogP contribution in [0.15, 0.2) is 71.6 Å². The molecular weight excluding hydrogens is 376 g/mol. The first kappa shape index (κ1) is 18.6. The number of nitrogens with zero attached hydrogens (tertiary/aromatic N) is 2. The molecule has 29 heavy (non-hydrogen) atoms. The molecule has 0 radical (unpaired) electrons. The molecule has 148 valence electrons. The zero-order valence-electron chi connectivity index (χ0n) is 16.8. The van der Waals surface area contributed by atoms with Crippen LogP contribution in [-0.4, -0.2) is 38.2 Å². The highest BCUT2D eigenvalue weighted by atomic mass is 32.2. The van der Waals surface area contributed by atoms with E-state index in [0.717, 1.165) is 38.3 Å². The van der Waals surface area contributed by atoms with Gasteiger partial charge in [-0.1, -0.05) is 42.5 Å². The molecule has 3 aromatic carbocycles. The fourth-order valence-corrected chi connectivity index (χ4v) is 5.49. The van der Waals surface area contributed by atoms with Gasteiger partial charge in [-0.3, -0.25) is 4.90 Å². The van der Waals surface area contributed by atoms with Crippen molar-refractivity contribution in [2.24, 2.45) is 0 Å². The van der Waals surface area contributed by atoms with Crippen LogP contribution in [0.4, 0.5) is 5.69 Å². The van der Waals surface area contributed by atoms with Gasteiger partial charge in [0.15, 0.2) is 0 Å². The maximum absolute atomic E-state index is 5.27. The molecule has 0 amide bonds. The zero-order chi connectivity index (χ0) is 19.6. The Kier molecular flexibility index (Phi) is 5.21. The van der Waals surface area contributed by atoms with E-state index in [0.29, 0.717) is 0 Å². The van der Waals surface area contributed by atoms with Crippen molar-refractivity contribution in [3.8, 4) is 5.75 Å². The second kappa shape index (κ2) is 8.13. The second-order valence-corrected chi connectivity index (χ2v) is 8.75. The van der Waals surface area contributed by atoms with Crippen molar-refractivity contribution >= 4 is 34.0 Å². The summed E-state index contributed by atoms with van der Waals surface area (Å²) in [5.74, 6) is 0.921. The Bertz CT molecular complexity index is 1040. The fourth-order valence-electron chi connectivity index (χ4n) is 4.32. The van der Waals surface area contributed by atoms with E-state index in [-0.39, 0.29) is 0 Å². The van der Waals surface area contributed by atoms with E-state index in [2.05, 4.69) is 75.9 Å². The van der Waals surface area contributed by atoms with Crippen LogP contribution >= 0.6 is 11.9 Å². The Morgan fingerprint density at radius 1 is 0.966 bits per heavy atom. The molecule has 4 heteroatoms. The minimum Gasteiger partial charge on any atom is -0.497 e. The lowest BCUT2D eigenvalue weighted by Crippen LogP contribution is -2.31. The lowest BCUT2D eigenvalue weighted by atomic mass is 9.99. The molecule has 5 rings (SSSR count). The lowest BCUT2D eigenvalue weighted by molar-refractivity contribution is 0.300. The summed E-state index contributed by atoms with van der Waals surface area (Å²) < 4.78 is 7.74. The first-order valence-electron chi connectivity index (χ1n) is 10.3. The highest BCUT2D eigenvalue weighted by Gasteiger charge is 2.22. The van der Waals surface area contributed by atoms with Crippen molar-refractivity contribution in [2.45, 2.75) is 17.7 Å². The van der Waals surface area contributed by atoms with Gasteiger partial charge in [-0.15, -0.1) is 0 Å². The first-order valence-corrected chi connectivity index (χ1v) is 11.1. The van der Waals surface area contributed by atoms with Crippen LogP contribution in [0.3, 0.4) is 0 Å². The van der Waals surface area contributed by atoms with Crippen molar-refractivity contribution in [1.29, 1.82) is 0 Å². The number of ether oxygens (including phenoxy) is 1. The van der Waals surface area contributed by atoms with Crippen LogP contribution in [0.25, 0.3) is 16.3 Å². The van der Waals surface area contributed by atoms with Gasteiger partial charge in [0.25, 0.3) is 0 Å². The largest absolute Gasteiger partial charge is 0.497 e. The van der Waals surface area contributed by atoms with Gasteiger partial charge in [0.1, 0.15) is 5.75 Å². The number of methoxy groups -OCH3 is 1. The average Bonchev–Trinajstić information content (AvgIpc) is 3.14. The summed E-state index contributed by atoms with van der Waals surface area (Å²) in [6.45, 7) is 4.42. The van der Waals surface area contributed by atoms with Crippen molar-refractivity contribution in [3.05, 3.63) is 72.3 Å². The van der Waals surface area contributed by atoms with E-state index in [4.69, 9.17) is 4.74 Å². The third-order valence-electron chi connectivity index (χ3n) is 5.91. The van der Waals surface area contributed by atoms with Gasteiger partial charge in [-0.05, 0) is 65.6 Å². The maximum Gasteiger partial charge on any atom is 0.118 e. The molecule has 0 atom stereocenters. The van der Waals surface area contributed by atoms with E-state index in [1.807, 2.05) is 11.9 Å². The van der Waals surface area contributed by atoms with Crippen LogP contribution in [0, 0.1) is 0 Å². The summed E-state index contributed by atoms with van der Waals surface area (Å²) in [5.41, 5.74) is 4.16. The summed E-state index contributed by atoms with van der Waals surface area (Å²) in [4.78, 5) is 3.96. The molecule has 0 fully saturated rings. The topological polar surface area (TPSA) is 15.7 Å². The molecule has 3 nitrogen and oxygen atoms in total. The van der Waals surface area contributed by atoms with E-state index in [1.54, 1.807) is 7.11 Å². The third kappa shape index (κ3) is 3.75. The number of rotatable bonds is 6. The molecule has 0 aromatic heterocycles. The molecule has 2 heterocycles. The Hall–Kier alpha value is -2.43. The van der Waals surface area contributed by atoms with Gasteiger partial charge >= 0.3 is 0 Å². The summed E-state index contributed by atoms with van der Waals surface area (Å²) in [7, 11) is 1.71. The molecule has 0 bridgehead atoms. The first-order chi connectivity index (χ1) is 14.3. The Morgan fingerprint density at radius 3 is 2.55 bits per heavy atom. The SMILES string of the molecule is COc1ccc(C2=CCN(CCCN3Sc4cccc5cccc3c45)CC2)cc1. The van der Waals surface area contributed by atoms with Crippen molar-refractivity contribution in [2.75, 3.05) is 37.6 Å². The minimum atomic E-state index is 0.921. The molecule has 2 aliphatic heterocycles. The predicted octanol–water partition coefficient (Wildman–Crippen LogP) is 5.85. The molecule has 0 spiro atoms. The Balaban J connectivity index is 1.16. The predicted molar refractivity (Wildman–Crippen MR) is 124 cm³/mol. The zero-order valence-corrected chi connectivity index (χ0v) is 17.6. The van der Waals surface area contributed by atoms with Crippen LogP contribution in [0.1, 0.15) is 18.4 Å². The highest BCUT2D eigenvalue weighted by molar-refractivity contribution is 8.01. The Labute approximate surface area is 177 Å². The summed E-state index contributed by atoms with van der Waals surface area (Å²) in [5, 5.41) is 2.77. The second-order valence-electron chi connectivity index (χ2n) is 7.69. The molecule has 0 unspecified atom stereocenters. The maximum atomic E-state index is 5.27. The fraction of sp³-hybridized carbons (Fsp3) is 0.280. The smallest absolute Gasteiger partial charge is 0.118 e. The van der Waals surface area contributed by atoms with Gasteiger partial charge in [0.2, 0.25) is 0 Å². The molecule has 3 aromatic rings. The Morgan fingerprint density at radius 2 is 1.79 bits per heavy atom. The van der Waals surface area contributed by atoms with Gasteiger partial charge in [-0.25, -0.2) is 0 Å². The van der Waals surface area contributed by atoms with E-state index in [1.165, 1.54) is 38.9 Å². The quantitative estimate of drug-likeness (QED) is 0.480. The van der Waals surface area contributed by atoms with Crippen LogP contribution in [0.2, 0.25) is 0 Å². The van der Waals surface area contributed by atoms with Crippen molar-refractivity contribution in [3.63, 3.8) is 0 Å². The van der Waals surface area contributed by atoms with Crippen molar-refractivity contribution in [1.82, 2.24) is 4.90 Å². The van der Waals surface area contributed by atoms with Crippen LogP contribution in [-0.2, 0) is 0 Å². The highest BCUT2D eigenvalue weighted by Crippen LogP contribution is 2.45. The standard InChI is InChI=1S/C25H26N2OS/c1-28-22-11-9-19(10-12-22)20-13-17-26(18-14-20)15-4-16-27-23-7-2-5-21-6-3-8-24(29-27)25(21)23/h2-3,5-13H,4,14-18H2,1H3. The molecular formula is C25H26N2OS. The molecule has 0 N–H and O–H groups in total. The molecule has 0 saturated heterocycles. The van der Waals surface area contributed by atoms with Gasteiger partial charge < -0.3 is 9.04 Å². The van der Waals surface area contributed by atoms with E-state index < -0.39 is 0 Å². The number of hydrogen-bond donors (Lipinski definition) is 0. The number of benzene rings is 3. The molecule has 0 saturated carbocycles. The lowest BCUT2D eigenvalue weighted by Gasteiger charge is -2.27. The van der Waals surface area contributed by atoms with Crippen molar-refractivity contribution < 1.29 is 4.74 Å². The molecule has 2 aliphatic rings. The van der Waals surface area contributed by atoms with Gasteiger partial charge in [0, 0.05) is 36.5 Å².